The summed E-state index contributed by atoms with van der Waals surface area (Å²) in [6.07, 6.45) is 2.05. The fourth-order valence-electron chi connectivity index (χ4n) is 3.19. The van der Waals surface area contributed by atoms with Gasteiger partial charge in [0.05, 0.1) is 18.0 Å². The quantitative estimate of drug-likeness (QED) is 0.785. The molecule has 1 amide bonds. The molecule has 1 N–H and O–H groups in total. The van der Waals surface area contributed by atoms with Crippen molar-refractivity contribution in [1.82, 2.24) is 10.3 Å². The highest BCUT2D eigenvalue weighted by molar-refractivity contribution is 5.87. The normalized spacial score (nSPS) is 14.0. The zero-order valence-corrected chi connectivity index (χ0v) is 14.6. The van der Waals surface area contributed by atoms with Crippen LogP contribution in [0.5, 0.6) is 11.5 Å². The van der Waals surface area contributed by atoms with Crippen molar-refractivity contribution in [3.8, 4) is 11.5 Å². The number of benzene rings is 2. The van der Waals surface area contributed by atoms with Crippen molar-refractivity contribution in [2.45, 2.75) is 19.4 Å². The number of carbonyl (C=O) groups excluding carboxylic acids is 1. The number of hydrogen-bond donors (Lipinski definition) is 1. The molecule has 1 aromatic heterocycles. The fourth-order valence-corrected chi connectivity index (χ4v) is 3.19. The topological polar surface area (TPSA) is 60.5 Å². The Morgan fingerprint density at radius 1 is 1.12 bits per heavy atom. The van der Waals surface area contributed by atoms with Gasteiger partial charge in [0, 0.05) is 11.6 Å². The van der Waals surface area contributed by atoms with E-state index in [4.69, 9.17) is 9.47 Å². The SMILES string of the molecule is CC(NC(=O)Cc1cccc2cccnc12)c1ccc2c(c1)OCCO2. The number of ether oxygens (including phenoxy) is 2. The number of hydrogen-bond acceptors (Lipinski definition) is 4. The lowest BCUT2D eigenvalue weighted by molar-refractivity contribution is -0.121. The van der Waals surface area contributed by atoms with Crippen LogP contribution in [0.2, 0.25) is 0 Å². The van der Waals surface area contributed by atoms with E-state index in [0.29, 0.717) is 19.6 Å². The number of carbonyl (C=O) groups is 1. The van der Waals surface area contributed by atoms with Crippen molar-refractivity contribution in [3.63, 3.8) is 0 Å². The van der Waals surface area contributed by atoms with Crippen molar-refractivity contribution < 1.29 is 14.3 Å². The maximum Gasteiger partial charge on any atom is 0.224 e. The van der Waals surface area contributed by atoms with Crippen molar-refractivity contribution in [1.29, 1.82) is 0 Å². The van der Waals surface area contributed by atoms with Crippen LogP contribution < -0.4 is 14.8 Å². The van der Waals surface area contributed by atoms with Gasteiger partial charge in [-0.25, -0.2) is 0 Å². The molecule has 0 radical (unpaired) electrons. The Morgan fingerprint density at radius 3 is 2.81 bits per heavy atom. The highest BCUT2D eigenvalue weighted by Crippen LogP contribution is 2.32. The minimum absolute atomic E-state index is 0.0365. The van der Waals surface area contributed by atoms with Crippen LogP contribution in [-0.2, 0) is 11.2 Å². The second-order valence-electron chi connectivity index (χ2n) is 6.36. The van der Waals surface area contributed by atoms with Crippen molar-refractivity contribution >= 4 is 16.8 Å². The number of amides is 1. The minimum atomic E-state index is -0.124. The Morgan fingerprint density at radius 2 is 1.92 bits per heavy atom. The van der Waals surface area contributed by atoms with E-state index in [2.05, 4.69) is 10.3 Å². The van der Waals surface area contributed by atoms with E-state index in [1.165, 1.54) is 0 Å². The summed E-state index contributed by atoms with van der Waals surface area (Å²) in [5, 5.41) is 4.09. The number of nitrogens with zero attached hydrogens (tertiary/aromatic N) is 1. The van der Waals surface area contributed by atoms with E-state index in [1.54, 1.807) is 6.20 Å². The minimum Gasteiger partial charge on any atom is -0.486 e. The van der Waals surface area contributed by atoms with Crippen molar-refractivity contribution in [3.05, 3.63) is 65.9 Å². The molecule has 1 aliphatic heterocycles. The molecule has 0 bridgehead atoms. The maximum atomic E-state index is 12.5. The van der Waals surface area contributed by atoms with E-state index in [1.807, 2.05) is 55.5 Å². The van der Waals surface area contributed by atoms with Crippen LogP contribution in [0.4, 0.5) is 0 Å². The Kier molecular flexibility index (Phi) is 4.44. The average molecular weight is 348 g/mol. The molecule has 1 unspecified atom stereocenters. The lowest BCUT2D eigenvalue weighted by atomic mass is 10.0. The summed E-state index contributed by atoms with van der Waals surface area (Å²) < 4.78 is 11.2. The molecule has 2 aromatic carbocycles. The maximum absolute atomic E-state index is 12.5. The van der Waals surface area contributed by atoms with Crippen LogP contribution in [0.15, 0.2) is 54.7 Å². The van der Waals surface area contributed by atoms with Gasteiger partial charge in [0.25, 0.3) is 0 Å². The molecule has 5 heteroatoms. The molecule has 0 spiro atoms. The molecule has 0 aliphatic carbocycles. The highest BCUT2D eigenvalue weighted by Gasteiger charge is 2.16. The Bertz CT molecular complexity index is 950. The summed E-state index contributed by atoms with van der Waals surface area (Å²) in [7, 11) is 0. The van der Waals surface area contributed by atoms with Crippen LogP contribution in [0.3, 0.4) is 0 Å². The number of aromatic nitrogens is 1. The fraction of sp³-hybridized carbons (Fsp3) is 0.238. The third-order valence-electron chi connectivity index (χ3n) is 4.51. The van der Waals surface area contributed by atoms with Crippen molar-refractivity contribution in [2.24, 2.45) is 0 Å². The van der Waals surface area contributed by atoms with Gasteiger partial charge in [-0.3, -0.25) is 9.78 Å². The van der Waals surface area contributed by atoms with Gasteiger partial charge in [0.1, 0.15) is 13.2 Å². The van der Waals surface area contributed by atoms with Gasteiger partial charge in [-0.05, 0) is 36.2 Å². The lowest BCUT2D eigenvalue weighted by Gasteiger charge is -2.21. The molecule has 2 heterocycles. The monoisotopic (exact) mass is 348 g/mol. The predicted octanol–water partition coefficient (Wildman–Crippen LogP) is 3.43. The third kappa shape index (κ3) is 3.33. The zero-order valence-electron chi connectivity index (χ0n) is 14.6. The average Bonchev–Trinajstić information content (AvgIpc) is 2.68. The van der Waals surface area contributed by atoms with Crippen LogP contribution in [0.25, 0.3) is 10.9 Å². The van der Waals surface area contributed by atoms with Crippen molar-refractivity contribution in [2.75, 3.05) is 13.2 Å². The molecule has 4 rings (SSSR count). The summed E-state index contributed by atoms with van der Waals surface area (Å²) in [5.41, 5.74) is 2.78. The summed E-state index contributed by atoms with van der Waals surface area (Å²) in [4.78, 5) is 16.9. The van der Waals surface area contributed by atoms with Gasteiger partial charge in [0.2, 0.25) is 5.91 Å². The van der Waals surface area contributed by atoms with Gasteiger partial charge in [-0.2, -0.15) is 0 Å². The van der Waals surface area contributed by atoms with Gasteiger partial charge < -0.3 is 14.8 Å². The predicted molar refractivity (Wildman–Crippen MR) is 99.4 cm³/mol. The van der Waals surface area contributed by atoms with Gasteiger partial charge in [-0.15, -0.1) is 0 Å². The van der Waals surface area contributed by atoms with Gasteiger partial charge >= 0.3 is 0 Å². The Labute approximate surface area is 152 Å². The molecular formula is C21H20N2O3. The first kappa shape index (κ1) is 16.4. The smallest absolute Gasteiger partial charge is 0.224 e. The number of nitrogens with one attached hydrogen (secondary N) is 1. The van der Waals surface area contributed by atoms with Crippen LogP contribution in [0.1, 0.15) is 24.1 Å². The zero-order chi connectivity index (χ0) is 17.9. The molecule has 3 aromatic rings. The third-order valence-corrected chi connectivity index (χ3v) is 4.51. The summed E-state index contributed by atoms with van der Waals surface area (Å²) in [6.45, 7) is 3.08. The molecular weight excluding hydrogens is 328 g/mol. The first-order valence-corrected chi connectivity index (χ1v) is 8.72. The van der Waals surface area contributed by atoms with Gasteiger partial charge in [-0.1, -0.05) is 30.3 Å². The largest absolute Gasteiger partial charge is 0.486 e. The summed E-state index contributed by atoms with van der Waals surface area (Å²) >= 11 is 0. The van der Waals surface area contributed by atoms with Crippen LogP contribution in [0, 0.1) is 0 Å². The molecule has 0 fully saturated rings. The first-order chi connectivity index (χ1) is 12.7. The Hall–Kier alpha value is -3.08. The molecule has 5 nitrogen and oxygen atoms in total. The van der Waals surface area contributed by atoms with Gasteiger partial charge in [0.15, 0.2) is 11.5 Å². The molecule has 1 aliphatic rings. The van der Waals surface area contributed by atoms with E-state index in [9.17, 15) is 4.79 Å². The molecule has 26 heavy (non-hydrogen) atoms. The number of pyridine rings is 1. The molecule has 0 saturated carbocycles. The summed E-state index contributed by atoms with van der Waals surface area (Å²) in [6, 6.07) is 15.5. The molecule has 132 valence electrons. The van der Waals surface area contributed by atoms with E-state index < -0.39 is 0 Å². The molecule has 1 atom stereocenters. The first-order valence-electron chi connectivity index (χ1n) is 8.72. The second kappa shape index (κ2) is 7.04. The number of fused-ring (bicyclic) bond motifs is 2. The standard InChI is InChI=1S/C21H20N2O3/c1-14(16-7-8-18-19(12-16)26-11-10-25-18)23-20(24)13-17-5-2-4-15-6-3-9-22-21(15)17/h2-9,12,14H,10-11,13H2,1H3,(H,23,24). The summed E-state index contributed by atoms with van der Waals surface area (Å²) in [5.74, 6) is 1.44. The Balaban J connectivity index is 1.47. The van der Waals surface area contributed by atoms with Crippen LogP contribution in [-0.4, -0.2) is 24.1 Å². The molecule has 0 saturated heterocycles. The van der Waals surface area contributed by atoms with E-state index in [-0.39, 0.29) is 11.9 Å². The number of para-hydroxylation sites is 1. The lowest BCUT2D eigenvalue weighted by Crippen LogP contribution is -2.28. The second-order valence-corrected chi connectivity index (χ2v) is 6.36. The number of rotatable bonds is 4. The van der Waals surface area contributed by atoms with Crippen LogP contribution >= 0.6 is 0 Å². The van der Waals surface area contributed by atoms with E-state index >= 15 is 0 Å². The van der Waals surface area contributed by atoms with E-state index in [0.717, 1.165) is 33.5 Å². The highest BCUT2D eigenvalue weighted by atomic mass is 16.6.